The Hall–Kier alpha value is -3.66. The molecule has 0 saturated carbocycles. The van der Waals surface area contributed by atoms with E-state index in [-0.39, 0.29) is 18.1 Å². The molecular formula is C24H24N4O3. The summed E-state index contributed by atoms with van der Waals surface area (Å²) < 4.78 is 11.2. The minimum absolute atomic E-state index is 0.000685. The van der Waals surface area contributed by atoms with Gasteiger partial charge in [-0.2, -0.15) is 10.2 Å². The molecule has 1 aromatic heterocycles. The maximum Gasteiger partial charge on any atom is 0.258 e. The van der Waals surface area contributed by atoms with E-state index in [1.807, 2.05) is 38.1 Å². The predicted octanol–water partition coefficient (Wildman–Crippen LogP) is 4.58. The third-order valence-electron chi connectivity index (χ3n) is 5.26. The monoisotopic (exact) mass is 416 g/mol. The first-order valence-electron chi connectivity index (χ1n) is 10.4. The predicted molar refractivity (Wildman–Crippen MR) is 115 cm³/mol. The third kappa shape index (κ3) is 4.29. The van der Waals surface area contributed by atoms with Crippen molar-refractivity contribution in [3.05, 3.63) is 53.1 Å². The van der Waals surface area contributed by atoms with E-state index >= 15 is 0 Å². The van der Waals surface area contributed by atoms with Crippen LogP contribution in [0.1, 0.15) is 56.3 Å². The molecule has 2 aromatic carbocycles. The van der Waals surface area contributed by atoms with Gasteiger partial charge < -0.3 is 14.6 Å². The number of fused-ring (bicyclic) bond motifs is 1. The number of amides is 1. The minimum atomic E-state index is -0.0386. The lowest BCUT2D eigenvalue weighted by atomic mass is 9.84. The largest absolute Gasteiger partial charge is 0.490 e. The number of benzene rings is 2. The van der Waals surface area contributed by atoms with Gasteiger partial charge in [0.15, 0.2) is 0 Å². The van der Waals surface area contributed by atoms with Gasteiger partial charge in [-0.15, -0.1) is 0 Å². The van der Waals surface area contributed by atoms with Gasteiger partial charge in [-0.05, 0) is 62.4 Å². The third-order valence-corrected chi connectivity index (χ3v) is 5.26. The minimum Gasteiger partial charge on any atom is -0.490 e. The number of rotatable bonds is 5. The van der Waals surface area contributed by atoms with Crippen LogP contribution in [-0.2, 0) is 11.2 Å². The Morgan fingerprint density at radius 1 is 1.32 bits per heavy atom. The van der Waals surface area contributed by atoms with Gasteiger partial charge in [0.25, 0.3) is 5.89 Å². The molecule has 0 saturated heterocycles. The molecule has 0 spiro atoms. The Morgan fingerprint density at radius 3 is 2.90 bits per heavy atom. The van der Waals surface area contributed by atoms with Crippen LogP contribution in [0.4, 0.5) is 0 Å². The lowest BCUT2D eigenvalue weighted by Crippen LogP contribution is -2.29. The van der Waals surface area contributed by atoms with Gasteiger partial charge in [-0.1, -0.05) is 23.4 Å². The normalized spacial score (nSPS) is 15.3. The van der Waals surface area contributed by atoms with Crippen LogP contribution in [-0.4, -0.2) is 22.2 Å². The summed E-state index contributed by atoms with van der Waals surface area (Å²) in [4.78, 5) is 16.2. The first-order valence-corrected chi connectivity index (χ1v) is 10.4. The Morgan fingerprint density at radius 2 is 2.16 bits per heavy atom. The number of carbonyl (C=O) groups excluding carboxylic acids is 1. The topological polar surface area (TPSA) is 101 Å². The van der Waals surface area contributed by atoms with Gasteiger partial charge >= 0.3 is 0 Å². The zero-order chi connectivity index (χ0) is 22.0. The molecule has 1 aliphatic carbocycles. The van der Waals surface area contributed by atoms with Gasteiger partial charge in [0.1, 0.15) is 11.8 Å². The Balaban J connectivity index is 1.68. The molecule has 7 nitrogen and oxygen atoms in total. The van der Waals surface area contributed by atoms with Crippen LogP contribution in [0, 0.1) is 11.3 Å². The molecule has 7 heteroatoms. The summed E-state index contributed by atoms with van der Waals surface area (Å²) in [7, 11) is 0. The van der Waals surface area contributed by atoms with Crippen molar-refractivity contribution in [3.8, 4) is 34.7 Å². The average Bonchev–Trinajstić information content (AvgIpc) is 3.23. The zero-order valence-corrected chi connectivity index (χ0v) is 17.8. The molecule has 31 heavy (non-hydrogen) atoms. The van der Waals surface area contributed by atoms with Gasteiger partial charge in [-0.25, -0.2) is 0 Å². The fourth-order valence-electron chi connectivity index (χ4n) is 4.01. The fraction of sp³-hybridized carbons (Fsp3) is 0.333. The van der Waals surface area contributed by atoms with E-state index in [1.54, 1.807) is 12.1 Å². The number of nitriles is 1. The first-order chi connectivity index (χ1) is 15.0. The van der Waals surface area contributed by atoms with E-state index in [0.717, 1.165) is 36.0 Å². The molecule has 1 heterocycles. The Bertz CT molecular complexity index is 1160. The second-order valence-corrected chi connectivity index (χ2v) is 7.93. The van der Waals surface area contributed by atoms with Crippen LogP contribution in [0.15, 0.2) is 40.9 Å². The van der Waals surface area contributed by atoms with Gasteiger partial charge in [0, 0.05) is 18.1 Å². The van der Waals surface area contributed by atoms with Crippen molar-refractivity contribution in [1.82, 2.24) is 15.5 Å². The average molecular weight is 416 g/mol. The highest BCUT2D eigenvalue weighted by atomic mass is 16.5. The Labute approximate surface area is 181 Å². The maximum absolute atomic E-state index is 11.6. The van der Waals surface area contributed by atoms with Crippen molar-refractivity contribution in [2.24, 2.45) is 0 Å². The van der Waals surface area contributed by atoms with Crippen molar-refractivity contribution < 1.29 is 14.1 Å². The highest BCUT2D eigenvalue weighted by Gasteiger charge is 2.25. The van der Waals surface area contributed by atoms with Crippen LogP contribution in [0.2, 0.25) is 0 Å². The molecular weight excluding hydrogens is 392 g/mol. The number of carbonyl (C=O) groups is 1. The number of ether oxygens (including phenoxy) is 1. The SMILES string of the molecule is CC(=O)N[C@@H]1CCCc2c(-c3noc(-c4ccc(OC(C)C)c(C#N)c4)n3)cccc21. The summed E-state index contributed by atoms with van der Waals surface area (Å²) in [6.45, 7) is 5.36. The molecule has 1 aliphatic rings. The molecule has 3 aromatic rings. The molecule has 1 N–H and O–H groups in total. The summed E-state index contributed by atoms with van der Waals surface area (Å²) >= 11 is 0. The van der Waals surface area contributed by atoms with Crippen molar-refractivity contribution in [3.63, 3.8) is 0 Å². The number of hydrogen-bond acceptors (Lipinski definition) is 6. The maximum atomic E-state index is 11.6. The number of nitrogens with zero attached hydrogens (tertiary/aromatic N) is 3. The van der Waals surface area contributed by atoms with Crippen LogP contribution >= 0.6 is 0 Å². The Kier molecular flexibility index (Phi) is 5.72. The number of nitrogens with one attached hydrogen (secondary N) is 1. The van der Waals surface area contributed by atoms with Crippen molar-refractivity contribution in [2.75, 3.05) is 0 Å². The number of aromatic nitrogens is 2. The summed E-state index contributed by atoms with van der Waals surface area (Å²) in [5.41, 5.74) is 4.22. The molecule has 4 rings (SSSR count). The van der Waals surface area contributed by atoms with E-state index in [9.17, 15) is 10.1 Å². The second-order valence-electron chi connectivity index (χ2n) is 7.93. The lowest BCUT2D eigenvalue weighted by Gasteiger charge is -2.27. The van der Waals surface area contributed by atoms with E-state index in [2.05, 4.69) is 21.5 Å². The zero-order valence-electron chi connectivity index (χ0n) is 17.8. The highest BCUT2D eigenvalue weighted by Crippen LogP contribution is 2.36. The van der Waals surface area contributed by atoms with Gasteiger partial charge in [0.05, 0.1) is 17.7 Å². The molecule has 158 valence electrons. The second kappa shape index (κ2) is 8.60. The van der Waals surface area contributed by atoms with Crippen LogP contribution in [0.25, 0.3) is 22.8 Å². The molecule has 0 radical (unpaired) electrons. The molecule has 1 amide bonds. The van der Waals surface area contributed by atoms with Crippen LogP contribution < -0.4 is 10.1 Å². The smallest absolute Gasteiger partial charge is 0.258 e. The first kappa shape index (κ1) is 20.6. The van der Waals surface area contributed by atoms with E-state index in [4.69, 9.17) is 9.26 Å². The van der Waals surface area contributed by atoms with Crippen molar-refractivity contribution in [2.45, 2.75) is 52.2 Å². The lowest BCUT2D eigenvalue weighted by molar-refractivity contribution is -0.119. The van der Waals surface area contributed by atoms with Gasteiger partial charge in [0.2, 0.25) is 11.7 Å². The summed E-state index contributed by atoms with van der Waals surface area (Å²) in [6.07, 6.45) is 2.75. The van der Waals surface area contributed by atoms with Crippen LogP contribution in [0.3, 0.4) is 0 Å². The molecule has 0 bridgehead atoms. The molecule has 0 fully saturated rings. The summed E-state index contributed by atoms with van der Waals surface area (Å²) in [5, 5.41) is 16.7. The number of hydrogen-bond donors (Lipinski definition) is 1. The van der Waals surface area contributed by atoms with Crippen LogP contribution in [0.5, 0.6) is 5.75 Å². The van der Waals surface area contributed by atoms with E-state index < -0.39 is 0 Å². The summed E-state index contributed by atoms with van der Waals surface area (Å²) in [6, 6.07) is 13.4. The van der Waals surface area contributed by atoms with E-state index in [0.29, 0.717) is 28.6 Å². The fourth-order valence-corrected chi connectivity index (χ4v) is 4.01. The van der Waals surface area contributed by atoms with Crippen molar-refractivity contribution >= 4 is 5.91 Å². The van der Waals surface area contributed by atoms with E-state index in [1.165, 1.54) is 6.92 Å². The standard InChI is InChI=1S/C24H24N4O3/c1-14(2)30-22-11-10-16(12-17(22)13-25)24-27-23(28-31-24)20-8-4-7-19-18(20)6-5-9-21(19)26-15(3)29/h4,7-8,10-12,14,21H,5-6,9H2,1-3H3,(H,26,29)/t21-/m1/s1. The molecule has 0 unspecified atom stereocenters. The molecule has 0 aliphatic heterocycles. The summed E-state index contributed by atoms with van der Waals surface area (Å²) in [5.74, 6) is 1.33. The van der Waals surface area contributed by atoms with Crippen molar-refractivity contribution in [1.29, 1.82) is 5.26 Å². The molecule has 1 atom stereocenters. The van der Waals surface area contributed by atoms with Gasteiger partial charge in [-0.3, -0.25) is 4.79 Å². The highest BCUT2D eigenvalue weighted by molar-refractivity contribution is 5.74. The quantitative estimate of drug-likeness (QED) is 0.653.